The summed E-state index contributed by atoms with van der Waals surface area (Å²) < 4.78 is 0. The van der Waals surface area contributed by atoms with Crippen molar-refractivity contribution in [2.24, 2.45) is 5.73 Å². The van der Waals surface area contributed by atoms with E-state index in [2.05, 4.69) is 24.4 Å². The summed E-state index contributed by atoms with van der Waals surface area (Å²) in [6.07, 6.45) is 2.91. The summed E-state index contributed by atoms with van der Waals surface area (Å²) in [7, 11) is 0. The number of benzene rings is 1. The van der Waals surface area contributed by atoms with E-state index in [0.717, 1.165) is 43.5 Å². The van der Waals surface area contributed by atoms with Crippen molar-refractivity contribution in [2.75, 3.05) is 13.1 Å². The Morgan fingerprint density at radius 3 is 2.91 bits per heavy atom. The van der Waals surface area contributed by atoms with Crippen LogP contribution in [0.3, 0.4) is 0 Å². The standard InChI is InChI=1S/C18H22N2OS/c1-13-8-11-22-17(13)14-4-2-5-15(12-14)18(21)20-9-3-6-16(19)7-10-20/h2,4-5,8,11-12,16H,3,6-7,9-10,19H2,1H3/t16-/m0/s1. The van der Waals surface area contributed by atoms with Crippen LogP contribution in [0.2, 0.25) is 0 Å². The first-order valence-electron chi connectivity index (χ1n) is 7.84. The molecule has 1 saturated heterocycles. The van der Waals surface area contributed by atoms with E-state index in [-0.39, 0.29) is 11.9 Å². The molecular weight excluding hydrogens is 292 g/mol. The Morgan fingerprint density at radius 2 is 2.14 bits per heavy atom. The van der Waals surface area contributed by atoms with Gasteiger partial charge in [-0.3, -0.25) is 4.79 Å². The summed E-state index contributed by atoms with van der Waals surface area (Å²) in [4.78, 5) is 15.9. The van der Waals surface area contributed by atoms with Gasteiger partial charge in [-0.25, -0.2) is 0 Å². The number of rotatable bonds is 2. The molecule has 2 aromatic rings. The Hall–Kier alpha value is -1.65. The first-order valence-corrected chi connectivity index (χ1v) is 8.72. The van der Waals surface area contributed by atoms with E-state index in [1.54, 1.807) is 11.3 Å². The minimum atomic E-state index is 0.130. The molecule has 0 unspecified atom stereocenters. The van der Waals surface area contributed by atoms with Crippen molar-refractivity contribution in [1.82, 2.24) is 4.90 Å². The highest BCUT2D eigenvalue weighted by Gasteiger charge is 2.20. The number of hydrogen-bond donors (Lipinski definition) is 1. The Balaban J connectivity index is 1.82. The van der Waals surface area contributed by atoms with Crippen LogP contribution in [0.4, 0.5) is 0 Å². The van der Waals surface area contributed by atoms with Crippen molar-refractivity contribution < 1.29 is 4.79 Å². The zero-order chi connectivity index (χ0) is 15.5. The smallest absolute Gasteiger partial charge is 0.253 e. The second-order valence-corrected chi connectivity index (χ2v) is 6.91. The number of carbonyl (C=O) groups is 1. The molecule has 1 atom stereocenters. The van der Waals surface area contributed by atoms with Crippen molar-refractivity contribution >= 4 is 17.2 Å². The van der Waals surface area contributed by atoms with Gasteiger partial charge < -0.3 is 10.6 Å². The maximum absolute atomic E-state index is 12.8. The molecular formula is C18H22N2OS. The van der Waals surface area contributed by atoms with Crippen LogP contribution in [-0.4, -0.2) is 29.9 Å². The topological polar surface area (TPSA) is 46.3 Å². The van der Waals surface area contributed by atoms with Crippen LogP contribution in [-0.2, 0) is 0 Å². The summed E-state index contributed by atoms with van der Waals surface area (Å²) in [6.45, 7) is 3.69. The number of nitrogens with two attached hydrogens (primary N) is 1. The van der Waals surface area contributed by atoms with E-state index < -0.39 is 0 Å². The van der Waals surface area contributed by atoms with Gasteiger partial charge >= 0.3 is 0 Å². The fraction of sp³-hybridized carbons (Fsp3) is 0.389. The number of hydrogen-bond acceptors (Lipinski definition) is 3. The third kappa shape index (κ3) is 3.23. The molecule has 1 fully saturated rings. The molecule has 3 nitrogen and oxygen atoms in total. The monoisotopic (exact) mass is 314 g/mol. The molecule has 1 aliphatic rings. The van der Waals surface area contributed by atoms with E-state index in [1.165, 1.54) is 10.4 Å². The molecule has 22 heavy (non-hydrogen) atoms. The molecule has 3 rings (SSSR count). The zero-order valence-electron chi connectivity index (χ0n) is 12.9. The summed E-state index contributed by atoms with van der Waals surface area (Å²) in [5, 5.41) is 2.09. The van der Waals surface area contributed by atoms with E-state index in [1.807, 2.05) is 23.1 Å². The average Bonchev–Trinajstić information content (AvgIpc) is 2.84. The van der Waals surface area contributed by atoms with Crippen LogP contribution in [0.25, 0.3) is 10.4 Å². The molecule has 0 saturated carbocycles. The number of nitrogens with zero attached hydrogens (tertiary/aromatic N) is 1. The highest BCUT2D eigenvalue weighted by molar-refractivity contribution is 7.13. The van der Waals surface area contributed by atoms with Gasteiger partial charge in [0.1, 0.15) is 0 Å². The summed E-state index contributed by atoms with van der Waals surface area (Å²) >= 11 is 1.72. The molecule has 1 amide bonds. The largest absolute Gasteiger partial charge is 0.339 e. The van der Waals surface area contributed by atoms with Crippen molar-refractivity contribution in [3.8, 4) is 10.4 Å². The number of aryl methyl sites for hydroxylation is 1. The summed E-state index contributed by atoms with van der Waals surface area (Å²) in [6, 6.07) is 10.3. The number of amides is 1. The molecule has 1 aromatic carbocycles. The fourth-order valence-electron chi connectivity index (χ4n) is 2.97. The third-order valence-electron chi connectivity index (χ3n) is 4.29. The SMILES string of the molecule is Cc1ccsc1-c1cccc(C(=O)N2CCC[C@H](N)CC2)c1. The number of likely N-dealkylation sites (tertiary alicyclic amines) is 1. The Morgan fingerprint density at radius 1 is 1.27 bits per heavy atom. The molecule has 0 spiro atoms. The van der Waals surface area contributed by atoms with Crippen molar-refractivity contribution in [3.05, 3.63) is 46.8 Å². The van der Waals surface area contributed by atoms with Gasteiger partial charge in [0.25, 0.3) is 5.91 Å². The van der Waals surface area contributed by atoms with Crippen molar-refractivity contribution in [1.29, 1.82) is 0 Å². The molecule has 0 aliphatic carbocycles. The lowest BCUT2D eigenvalue weighted by atomic mass is 10.1. The maximum atomic E-state index is 12.8. The normalized spacial score (nSPS) is 19.0. The fourth-order valence-corrected chi connectivity index (χ4v) is 3.89. The van der Waals surface area contributed by atoms with Gasteiger partial charge in [-0.2, -0.15) is 0 Å². The highest BCUT2D eigenvalue weighted by Crippen LogP contribution is 2.29. The number of thiophene rings is 1. The molecule has 4 heteroatoms. The van der Waals surface area contributed by atoms with Crippen molar-refractivity contribution in [3.63, 3.8) is 0 Å². The lowest BCUT2D eigenvalue weighted by molar-refractivity contribution is 0.0761. The van der Waals surface area contributed by atoms with Crippen LogP contribution >= 0.6 is 11.3 Å². The molecule has 1 aliphatic heterocycles. The van der Waals surface area contributed by atoms with E-state index in [4.69, 9.17) is 5.73 Å². The zero-order valence-corrected chi connectivity index (χ0v) is 13.7. The Kier molecular flexibility index (Phi) is 4.60. The second kappa shape index (κ2) is 6.63. The van der Waals surface area contributed by atoms with Crippen molar-refractivity contribution in [2.45, 2.75) is 32.2 Å². The van der Waals surface area contributed by atoms with Gasteiger partial charge in [0, 0.05) is 29.6 Å². The molecule has 0 bridgehead atoms. The highest BCUT2D eigenvalue weighted by atomic mass is 32.1. The molecule has 2 N–H and O–H groups in total. The van der Waals surface area contributed by atoms with E-state index >= 15 is 0 Å². The quantitative estimate of drug-likeness (QED) is 0.919. The first kappa shape index (κ1) is 15.3. The molecule has 2 heterocycles. The lowest BCUT2D eigenvalue weighted by Crippen LogP contribution is -2.32. The van der Waals surface area contributed by atoms with Crippen LogP contribution in [0.15, 0.2) is 35.7 Å². The summed E-state index contributed by atoms with van der Waals surface area (Å²) in [5.41, 5.74) is 9.17. The van der Waals surface area contributed by atoms with Gasteiger partial charge in [-0.1, -0.05) is 12.1 Å². The van der Waals surface area contributed by atoms with Crippen LogP contribution in [0, 0.1) is 6.92 Å². The van der Waals surface area contributed by atoms with Gasteiger partial charge in [-0.15, -0.1) is 11.3 Å². The van der Waals surface area contributed by atoms with Gasteiger partial charge in [0.2, 0.25) is 0 Å². The minimum Gasteiger partial charge on any atom is -0.339 e. The van der Waals surface area contributed by atoms with Crippen LogP contribution in [0.1, 0.15) is 35.2 Å². The van der Waals surface area contributed by atoms with E-state index in [9.17, 15) is 4.79 Å². The first-order chi connectivity index (χ1) is 10.6. The predicted octanol–water partition coefficient (Wildman–Crippen LogP) is 3.68. The second-order valence-electron chi connectivity index (χ2n) is 6.00. The van der Waals surface area contributed by atoms with Crippen LogP contribution < -0.4 is 5.73 Å². The van der Waals surface area contributed by atoms with Gasteiger partial charge in [0.15, 0.2) is 0 Å². The van der Waals surface area contributed by atoms with Crippen LogP contribution in [0.5, 0.6) is 0 Å². The molecule has 116 valence electrons. The lowest BCUT2D eigenvalue weighted by Gasteiger charge is -2.20. The van der Waals surface area contributed by atoms with E-state index in [0.29, 0.717) is 0 Å². The molecule has 0 radical (unpaired) electrons. The van der Waals surface area contributed by atoms with Gasteiger partial charge in [0.05, 0.1) is 0 Å². The Bertz CT molecular complexity index is 665. The average molecular weight is 314 g/mol. The number of carbonyl (C=O) groups excluding carboxylic acids is 1. The Labute approximate surface area is 135 Å². The molecule has 1 aromatic heterocycles. The maximum Gasteiger partial charge on any atom is 0.253 e. The summed E-state index contributed by atoms with van der Waals surface area (Å²) in [5.74, 6) is 0.130. The predicted molar refractivity (Wildman–Crippen MR) is 92.2 cm³/mol. The third-order valence-corrected chi connectivity index (χ3v) is 5.36. The van der Waals surface area contributed by atoms with Gasteiger partial charge in [-0.05, 0) is 60.9 Å². The minimum absolute atomic E-state index is 0.130.